The summed E-state index contributed by atoms with van der Waals surface area (Å²) in [6, 6.07) is 5.88. The number of amides is 3. The number of nitrogens with one attached hydrogen (secondary N) is 1. The molecule has 0 unspecified atom stereocenters. The number of benzene rings is 1. The zero-order valence-electron chi connectivity index (χ0n) is 14.5. The van der Waals surface area contributed by atoms with Crippen molar-refractivity contribution in [1.82, 2.24) is 4.90 Å². The van der Waals surface area contributed by atoms with Gasteiger partial charge in [-0.15, -0.1) is 0 Å². The fourth-order valence-corrected chi connectivity index (χ4v) is 4.48. The van der Waals surface area contributed by atoms with Gasteiger partial charge in [-0.3, -0.25) is 19.3 Å². The highest BCUT2D eigenvalue weighted by Crippen LogP contribution is 2.52. The lowest BCUT2D eigenvalue weighted by Crippen LogP contribution is -2.35. The quantitative estimate of drug-likeness (QED) is 0.677. The Kier molecular flexibility index (Phi) is 3.74. The first-order valence-electron chi connectivity index (χ1n) is 8.86. The van der Waals surface area contributed by atoms with Crippen molar-refractivity contribution in [2.75, 3.05) is 11.9 Å². The van der Waals surface area contributed by atoms with Gasteiger partial charge in [-0.1, -0.05) is 24.3 Å². The molecule has 3 amide bonds. The summed E-state index contributed by atoms with van der Waals surface area (Å²) in [5.74, 6) is -0.320. The normalized spacial score (nSPS) is 29.4. The Bertz CT molecular complexity index is 768. The second kappa shape index (κ2) is 5.83. The molecule has 1 aromatic carbocycles. The third-order valence-corrected chi connectivity index (χ3v) is 5.79. The maximum atomic E-state index is 12.6. The van der Waals surface area contributed by atoms with Crippen LogP contribution in [0.2, 0.25) is 0 Å². The number of likely N-dealkylation sites (tertiary alicyclic amines) is 1. The Hall–Kier alpha value is -2.43. The van der Waals surface area contributed by atoms with Gasteiger partial charge < -0.3 is 5.32 Å². The predicted molar refractivity (Wildman–Crippen MR) is 93.6 cm³/mol. The van der Waals surface area contributed by atoms with Crippen molar-refractivity contribution in [3.8, 4) is 0 Å². The number of nitrogens with zero attached hydrogens (tertiary/aromatic N) is 1. The van der Waals surface area contributed by atoms with Crippen LogP contribution in [-0.2, 0) is 14.4 Å². The molecule has 1 N–H and O–H groups in total. The summed E-state index contributed by atoms with van der Waals surface area (Å²) in [6.45, 7) is 4.07. The third kappa shape index (κ3) is 2.58. The number of aryl methyl sites for hydroxylation is 2. The average Bonchev–Trinajstić information content (AvgIpc) is 3.24. The van der Waals surface area contributed by atoms with Crippen LogP contribution in [0.4, 0.5) is 5.69 Å². The Labute approximate surface area is 147 Å². The molecule has 3 aliphatic rings. The van der Waals surface area contributed by atoms with E-state index in [2.05, 4.69) is 17.5 Å². The minimum absolute atomic E-state index is 0.0913. The van der Waals surface area contributed by atoms with Gasteiger partial charge in [0.25, 0.3) is 0 Å². The average molecular weight is 338 g/mol. The van der Waals surface area contributed by atoms with Crippen molar-refractivity contribution in [3.63, 3.8) is 0 Å². The number of imide groups is 1. The van der Waals surface area contributed by atoms with Gasteiger partial charge >= 0.3 is 0 Å². The monoisotopic (exact) mass is 338 g/mol. The molecule has 1 saturated carbocycles. The van der Waals surface area contributed by atoms with E-state index in [4.69, 9.17) is 0 Å². The Morgan fingerprint density at radius 3 is 2.40 bits per heavy atom. The zero-order valence-corrected chi connectivity index (χ0v) is 14.5. The number of carbonyl (C=O) groups excluding carboxylic acids is 3. The lowest BCUT2D eigenvalue weighted by molar-refractivity contribution is -0.140. The van der Waals surface area contributed by atoms with Gasteiger partial charge in [-0.2, -0.15) is 0 Å². The maximum absolute atomic E-state index is 12.6. The highest BCUT2D eigenvalue weighted by atomic mass is 16.2. The van der Waals surface area contributed by atoms with Crippen LogP contribution < -0.4 is 5.32 Å². The highest BCUT2D eigenvalue weighted by molar-refractivity contribution is 6.06. The largest absolute Gasteiger partial charge is 0.326 e. The molecular weight excluding hydrogens is 316 g/mol. The van der Waals surface area contributed by atoms with E-state index in [1.54, 1.807) is 0 Å². The van der Waals surface area contributed by atoms with Gasteiger partial charge in [0.15, 0.2) is 0 Å². The molecule has 25 heavy (non-hydrogen) atoms. The Balaban J connectivity index is 1.39. The van der Waals surface area contributed by atoms with Gasteiger partial charge in [0, 0.05) is 18.7 Å². The van der Waals surface area contributed by atoms with Crippen LogP contribution in [0, 0.1) is 37.5 Å². The summed E-state index contributed by atoms with van der Waals surface area (Å²) in [7, 11) is 0. The predicted octanol–water partition coefficient (Wildman–Crippen LogP) is 2.44. The van der Waals surface area contributed by atoms with E-state index in [1.165, 1.54) is 4.90 Å². The molecule has 1 aliphatic heterocycles. The van der Waals surface area contributed by atoms with Gasteiger partial charge in [0.1, 0.15) is 0 Å². The number of hydrogen-bond acceptors (Lipinski definition) is 3. The second-order valence-corrected chi connectivity index (χ2v) is 7.44. The molecule has 1 aromatic rings. The van der Waals surface area contributed by atoms with E-state index in [9.17, 15) is 14.4 Å². The Morgan fingerprint density at radius 1 is 1.12 bits per heavy atom. The van der Waals surface area contributed by atoms with Crippen molar-refractivity contribution >= 4 is 23.4 Å². The molecule has 130 valence electrons. The molecule has 1 saturated heterocycles. The molecule has 4 atom stereocenters. The summed E-state index contributed by atoms with van der Waals surface area (Å²) >= 11 is 0. The molecule has 5 heteroatoms. The summed E-state index contributed by atoms with van der Waals surface area (Å²) in [5.41, 5.74) is 2.84. The number of fused-ring (bicyclic) bond motifs is 5. The number of anilines is 1. The van der Waals surface area contributed by atoms with Crippen molar-refractivity contribution < 1.29 is 14.4 Å². The first-order chi connectivity index (χ1) is 12.0. The van der Waals surface area contributed by atoms with Gasteiger partial charge in [0.05, 0.1) is 11.8 Å². The van der Waals surface area contributed by atoms with Crippen LogP contribution in [0.5, 0.6) is 0 Å². The van der Waals surface area contributed by atoms with Crippen molar-refractivity contribution in [1.29, 1.82) is 0 Å². The van der Waals surface area contributed by atoms with Gasteiger partial charge in [0.2, 0.25) is 17.7 Å². The molecular formula is C20H22N2O3. The summed E-state index contributed by atoms with van der Waals surface area (Å²) in [4.78, 5) is 38.8. The van der Waals surface area contributed by atoms with Crippen molar-refractivity contribution in [2.24, 2.45) is 23.7 Å². The lowest BCUT2D eigenvalue weighted by atomic mass is 9.85. The van der Waals surface area contributed by atoms with E-state index in [1.807, 2.05) is 32.0 Å². The molecule has 0 spiro atoms. The fraction of sp³-hybridized carbons (Fsp3) is 0.450. The molecule has 2 aliphatic carbocycles. The van der Waals surface area contributed by atoms with Crippen LogP contribution in [0.3, 0.4) is 0 Å². The Morgan fingerprint density at radius 2 is 1.76 bits per heavy atom. The summed E-state index contributed by atoms with van der Waals surface area (Å²) < 4.78 is 0. The van der Waals surface area contributed by atoms with Crippen molar-refractivity contribution in [2.45, 2.75) is 26.7 Å². The van der Waals surface area contributed by atoms with E-state index >= 15 is 0 Å². The van der Waals surface area contributed by atoms with Crippen LogP contribution >= 0.6 is 0 Å². The molecule has 0 radical (unpaired) electrons. The van der Waals surface area contributed by atoms with Gasteiger partial charge in [-0.05, 0) is 49.3 Å². The molecule has 2 fully saturated rings. The van der Waals surface area contributed by atoms with Crippen LogP contribution in [0.1, 0.15) is 24.0 Å². The van der Waals surface area contributed by atoms with Crippen LogP contribution in [-0.4, -0.2) is 29.2 Å². The zero-order chi connectivity index (χ0) is 17.7. The number of carbonyl (C=O) groups is 3. The minimum Gasteiger partial charge on any atom is -0.326 e. The van der Waals surface area contributed by atoms with E-state index < -0.39 is 0 Å². The summed E-state index contributed by atoms with van der Waals surface area (Å²) in [5, 5.41) is 2.88. The number of rotatable bonds is 4. The fourth-order valence-electron chi connectivity index (χ4n) is 4.48. The molecule has 4 rings (SSSR count). The third-order valence-electron chi connectivity index (χ3n) is 5.79. The topological polar surface area (TPSA) is 66.5 Å². The molecule has 2 bridgehead atoms. The molecule has 5 nitrogen and oxygen atoms in total. The second-order valence-electron chi connectivity index (χ2n) is 7.44. The van der Waals surface area contributed by atoms with Crippen LogP contribution in [0.25, 0.3) is 0 Å². The highest BCUT2D eigenvalue weighted by Gasteiger charge is 2.58. The number of allylic oxidation sites excluding steroid dienone is 2. The maximum Gasteiger partial charge on any atom is 0.233 e. The van der Waals surface area contributed by atoms with Crippen LogP contribution in [0.15, 0.2) is 30.4 Å². The SMILES string of the molecule is Cc1ccc(C)c(NC(=O)CCN2C(=O)[C@H]3[C@H](C2=O)[C@H]2C=C[C@H]3C2)c1. The molecule has 0 aromatic heterocycles. The first-order valence-corrected chi connectivity index (χ1v) is 8.86. The lowest BCUT2D eigenvalue weighted by Gasteiger charge is -2.17. The summed E-state index contributed by atoms with van der Waals surface area (Å²) in [6.07, 6.45) is 5.21. The minimum atomic E-state index is -0.190. The van der Waals surface area contributed by atoms with Crippen molar-refractivity contribution in [3.05, 3.63) is 41.5 Å². The van der Waals surface area contributed by atoms with E-state index in [0.717, 1.165) is 23.2 Å². The van der Waals surface area contributed by atoms with E-state index in [-0.39, 0.29) is 54.4 Å². The number of hydrogen-bond donors (Lipinski definition) is 1. The smallest absolute Gasteiger partial charge is 0.233 e. The van der Waals surface area contributed by atoms with Gasteiger partial charge in [-0.25, -0.2) is 0 Å². The first kappa shape index (κ1) is 16.1. The molecule has 1 heterocycles. The van der Waals surface area contributed by atoms with E-state index in [0.29, 0.717) is 0 Å². The standard InChI is InChI=1S/C20H22N2O3/c1-11-3-4-12(2)15(9-11)21-16(23)7-8-22-19(24)17-13-5-6-14(10-13)18(17)20(22)25/h3-6,9,13-14,17-18H,7-8,10H2,1-2H3,(H,21,23)/t13-,14-,17+,18+/m0/s1.